The highest BCUT2D eigenvalue weighted by atomic mass is 31.2. The first-order chi connectivity index (χ1) is 52.7. The molecule has 0 aromatic rings. The maximum absolute atomic E-state index is 13.1. The maximum atomic E-state index is 13.1. The standard InChI is InChI=1S/C89H150O17P2/c1-5-9-13-17-21-25-29-33-37-39-41-43-47-49-53-57-61-65-69-73-86(91)99-79-84(105-88(93)75-71-67-63-59-55-51-45-35-31-27-23-19-15-11-7-3)81-103-107(95,96)101-77-83(90)78-102-108(97,98)104-82-85(106-89(94)76-72-68-64-60-56-52-46-36-32-28-24-20-16-12-8-4)80-100-87(92)74-70-66-62-58-54-50-48-44-42-40-38-34-30-26-22-18-14-10-6-2/h11,15,21-23,25-27,33-38,41-46,55,59,67,71,83-85,90H,5-10,12-14,16-20,24,28-32,39-40,47-54,56-58,60-66,68-70,72-82H2,1-4H3,(H,95,96)(H,97,98)/b15-11-,25-21-,26-22-,27-23-,37-33-,38-34-,43-41-,44-42-,45-35-,46-36-,59-55-,71-67-. The van der Waals surface area contributed by atoms with E-state index in [9.17, 15) is 43.2 Å². The van der Waals surface area contributed by atoms with Crippen LogP contribution in [0.2, 0.25) is 0 Å². The zero-order valence-electron chi connectivity index (χ0n) is 67.7. The largest absolute Gasteiger partial charge is 0.472 e. The molecular weight excluding hydrogens is 1400 g/mol. The van der Waals surface area contributed by atoms with Gasteiger partial charge in [-0.15, -0.1) is 0 Å². The van der Waals surface area contributed by atoms with E-state index < -0.39 is 97.5 Å². The Balaban J connectivity index is 5.45. The van der Waals surface area contributed by atoms with Crippen LogP contribution in [0.25, 0.3) is 0 Å². The number of aliphatic hydroxyl groups is 1. The minimum absolute atomic E-state index is 0.0765. The minimum Gasteiger partial charge on any atom is -0.462 e. The van der Waals surface area contributed by atoms with Crippen molar-refractivity contribution in [3.63, 3.8) is 0 Å². The molecule has 17 nitrogen and oxygen atoms in total. The summed E-state index contributed by atoms with van der Waals surface area (Å²) >= 11 is 0. The molecule has 0 fully saturated rings. The second-order valence-electron chi connectivity index (χ2n) is 27.7. The van der Waals surface area contributed by atoms with Gasteiger partial charge in [0.2, 0.25) is 0 Å². The molecule has 618 valence electrons. The van der Waals surface area contributed by atoms with Crippen molar-refractivity contribution in [1.82, 2.24) is 0 Å². The van der Waals surface area contributed by atoms with Crippen molar-refractivity contribution in [2.75, 3.05) is 39.6 Å². The van der Waals surface area contributed by atoms with E-state index in [1.807, 2.05) is 12.2 Å². The van der Waals surface area contributed by atoms with Crippen LogP contribution >= 0.6 is 15.6 Å². The molecule has 3 N–H and O–H groups in total. The monoisotopic (exact) mass is 1550 g/mol. The van der Waals surface area contributed by atoms with Gasteiger partial charge < -0.3 is 33.8 Å². The van der Waals surface area contributed by atoms with Crippen LogP contribution in [-0.2, 0) is 65.4 Å². The average molecular weight is 1550 g/mol. The molecule has 0 spiro atoms. The molecule has 0 saturated heterocycles. The first-order valence-electron chi connectivity index (χ1n) is 42.1. The van der Waals surface area contributed by atoms with Gasteiger partial charge >= 0.3 is 39.5 Å². The molecule has 19 heteroatoms. The van der Waals surface area contributed by atoms with Crippen LogP contribution in [0.5, 0.6) is 0 Å². The summed E-state index contributed by atoms with van der Waals surface area (Å²) in [6, 6.07) is 0. The molecule has 0 radical (unpaired) electrons. The normalized spacial score (nSPS) is 14.5. The van der Waals surface area contributed by atoms with Crippen LogP contribution in [0.3, 0.4) is 0 Å². The van der Waals surface area contributed by atoms with E-state index in [4.69, 9.17) is 37.0 Å². The van der Waals surface area contributed by atoms with E-state index in [0.717, 1.165) is 180 Å². The third kappa shape index (κ3) is 79.0. The predicted molar refractivity (Wildman–Crippen MR) is 445 cm³/mol. The number of ether oxygens (including phenoxy) is 4. The molecule has 0 aromatic carbocycles. The summed E-state index contributed by atoms with van der Waals surface area (Å²) < 4.78 is 68.6. The van der Waals surface area contributed by atoms with Crippen LogP contribution in [0, 0.1) is 0 Å². The average Bonchev–Trinajstić information content (AvgIpc) is 0.907. The number of carbonyl (C=O) groups excluding carboxylic acids is 4. The topological polar surface area (TPSA) is 237 Å². The van der Waals surface area contributed by atoms with E-state index in [0.29, 0.717) is 25.7 Å². The molecule has 0 aliphatic carbocycles. The Kier molecular flexibility index (Phi) is 76.3. The van der Waals surface area contributed by atoms with Crippen molar-refractivity contribution in [3.05, 3.63) is 146 Å². The summed E-state index contributed by atoms with van der Waals surface area (Å²) in [6.07, 6.45) is 92.7. The zero-order valence-corrected chi connectivity index (χ0v) is 69.5. The van der Waals surface area contributed by atoms with Gasteiger partial charge in [-0.3, -0.25) is 37.3 Å². The number of allylic oxidation sites excluding steroid dienone is 23. The van der Waals surface area contributed by atoms with E-state index >= 15 is 0 Å². The quantitative estimate of drug-likeness (QED) is 0.0169. The van der Waals surface area contributed by atoms with Gasteiger partial charge in [0.1, 0.15) is 19.3 Å². The Morgan fingerprint density at radius 2 is 0.519 bits per heavy atom. The summed E-state index contributed by atoms with van der Waals surface area (Å²) in [7, 11) is -10.0. The molecule has 0 heterocycles. The van der Waals surface area contributed by atoms with Crippen molar-refractivity contribution in [2.24, 2.45) is 0 Å². The van der Waals surface area contributed by atoms with E-state index in [-0.39, 0.29) is 25.7 Å². The summed E-state index contributed by atoms with van der Waals surface area (Å²) in [5.41, 5.74) is 0. The lowest BCUT2D eigenvalue weighted by atomic mass is 10.1. The number of esters is 4. The number of aliphatic hydroxyl groups excluding tert-OH is 1. The fraction of sp³-hybridized carbons (Fsp3) is 0.685. The van der Waals surface area contributed by atoms with Crippen LogP contribution < -0.4 is 0 Å². The fourth-order valence-electron chi connectivity index (χ4n) is 10.9. The third-order valence-corrected chi connectivity index (χ3v) is 19.2. The zero-order chi connectivity index (χ0) is 78.9. The van der Waals surface area contributed by atoms with Crippen LogP contribution in [-0.4, -0.2) is 96.7 Å². The first kappa shape index (κ1) is 103. The summed E-state index contributed by atoms with van der Waals surface area (Å²) in [5, 5.41) is 10.7. The Bertz CT molecular complexity index is 2610. The molecule has 5 unspecified atom stereocenters. The van der Waals surface area contributed by atoms with Gasteiger partial charge in [0.05, 0.1) is 32.8 Å². The van der Waals surface area contributed by atoms with Crippen molar-refractivity contribution in [3.8, 4) is 0 Å². The molecule has 108 heavy (non-hydrogen) atoms. The molecule has 0 aromatic heterocycles. The highest BCUT2D eigenvalue weighted by Crippen LogP contribution is 2.45. The number of phosphoric acid groups is 2. The lowest BCUT2D eigenvalue weighted by Gasteiger charge is -2.21. The molecular formula is C89H150O17P2. The van der Waals surface area contributed by atoms with E-state index in [1.54, 1.807) is 12.2 Å². The van der Waals surface area contributed by atoms with Gasteiger partial charge in [-0.05, 0) is 154 Å². The fourth-order valence-corrected chi connectivity index (χ4v) is 12.5. The maximum Gasteiger partial charge on any atom is 0.472 e. The van der Waals surface area contributed by atoms with Crippen LogP contribution in [0.4, 0.5) is 0 Å². The highest BCUT2D eigenvalue weighted by molar-refractivity contribution is 7.47. The van der Waals surface area contributed by atoms with Gasteiger partial charge in [0.15, 0.2) is 12.2 Å². The number of rotatable bonds is 78. The first-order valence-corrected chi connectivity index (χ1v) is 45.1. The molecule has 0 rings (SSSR count). The number of hydrogen-bond acceptors (Lipinski definition) is 15. The Hall–Kier alpha value is -5.06. The van der Waals surface area contributed by atoms with Crippen LogP contribution in [0.1, 0.15) is 336 Å². The molecule has 0 bridgehead atoms. The van der Waals surface area contributed by atoms with Gasteiger partial charge in [-0.25, -0.2) is 9.13 Å². The molecule has 0 aliphatic rings. The van der Waals surface area contributed by atoms with Gasteiger partial charge in [-0.1, -0.05) is 302 Å². The van der Waals surface area contributed by atoms with Gasteiger partial charge in [0.25, 0.3) is 0 Å². The van der Waals surface area contributed by atoms with Gasteiger partial charge in [-0.2, -0.15) is 0 Å². The lowest BCUT2D eigenvalue weighted by molar-refractivity contribution is -0.161. The second-order valence-corrected chi connectivity index (χ2v) is 30.6. The minimum atomic E-state index is -5.01. The number of carbonyl (C=O) groups is 4. The number of phosphoric ester groups is 2. The Morgan fingerprint density at radius 1 is 0.278 bits per heavy atom. The SMILES string of the molecule is CC/C=C\C/C=C\C/C=C\C/C=C\C/C=C\CC(=O)OC(COC(=O)CCCCCCCC/C=C\C/C=C\C/C=C\CCCCC)COP(=O)(O)OCC(O)COP(=O)(O)OCC(COC(=O)CCCCCCCC/C=C\C/C=C\C/C=C\CCCCC)OC(=O)CCCCCCC/C=C\CCCCCCCC. The number of unbranched alkanes of at least 4 members (excludes halogenated alkanes) is 29. The predicted octanol–water partition coefficient (Wildman–Crippen LogP) is 25.0. The smallest absolute Gasteiger partial charge is 0.462 e. The van der Waals surface area contributed by atoms with E-state index in [2.05, 4.69) is 149 Å². The lowest BCUT2D eigenvalue weighted by Crippen LogP contribution is -2.30. The van der Waals surface area contributed by atoms with Crippen molar-refractivity contribution in [1.29, 1.82) is 0 Å². The third-order valence-electron chi connectivity index (χ3n) is 17.3. The Labute approximate surface area is 656 Å². The van der Waals surface area contributed by atoms with Crippen molar-refractivity contribution < 1.29 is 80.2 Å². The molecule has 0 amide bonds. The van der Waals surface area contributed by atoms with Gasteiger partial charge in [0, 0.05) is 19.3 Å². The summed E-state index contributed by atoms with van der Waals surface area (Å²) in [5.74, 6) is -2.36. The Morgan fingerprint density at radius 3 is 0.852 bits per heavy atom. The van der Waals surface area contributed by atoms with E-state index in [1.165, 1.54) is 77.0 Å². The number of hydrogen-bond donors (Lipinski definition) is 3. The highest BCUT2D eigenvalue weighted by Gasteiger charge is 2.30. The van der Waals surface area contributed by atoms with Crippen molar-refractivity contribution in [2.45, 2.75) is 354 Å². The molecule has 0 saturated carbocycles. The van der Waals surface area contributed by atoms with Crippen molar-refractivity contribution >= 4 is 39.5 Å². The molecule has 5 atom stereocenters. The van der Waals surface area contributed by atoms with Crippen LogP contribution in [0.15, 0.2) is 146 Å². The summed E-state index contributed by atoms with van der Waals surface area (Å²) in [4.78, 5) is 73.1. The summed E-state index contributed by atoms with van der Waals surface area (Å²) in [6.45, 7) is 4.57. The molecule has 0 aliphatic heterocycles. The second kappa shape index (κ2) is 80.0.